The number of hydrogen-bond donors (Lipinski definition) is 1. The number of carbonyl (C=O) groups is 1. The number of carbonyl (C=O) groups excluding carboxylic acids is 1. The van der Waals surface area contributed by atoms with Crippen LogP contribution < -0.4 is 5.32 Å². The highest BCUT2D eigenvalue weighted by molar-refractivity contribution is 7.13. The molecule has 1 aromatic carbocycles. The number of hydrogen-bond acceptors (Lipinski definition) is 4. The van der Waals surface area contributed by atoms with Crippen LogP contribution in [-0.4, -0.2) is 15.9 Å². The molecule has 0 aliphatic rings. The van der Waals surface area contributed by atoms with Gasteiger partial charge in [-0.2, -0.15) is 0 Å². The zero-order chi connectivity index (χ0) is 16.2. The van der Waals surface area contributed by atoms with Crippen molar-refractivity contribution in [2.24, 2.45) is 0 Å². The lowest BCUT2D eigenvalue weighted by molar-refractivity contribution is 0.0946. The first kappa shape index (κ1) is 15.4. The molecular formula is C18H17N3OS. The third kappa shape index (κ3) is 3.46. The minimum Gasteiger partial charge on any atom is -0.340 e. The molecule has 1 N–H and O–H groups in total. The second kappa shape index (κ2) is 6.71. The first-order chi connectivity index (χ1) is 11.1. The van der Waals surface area contributed by atoms with Gasteiger partial charge in [-0.05, 0) is 37.1 Å². The largest absolute Gasteiger partial charge is 0.340 e. The fourth-order valence-corrected chi connectivity index (χ4v) is 3.32. The molecule has 0 aliphatic carbocycles. The van der Waals surface area contributed by atoms with E-state index in [0.29, 0.717) is 4.88 Å². The SMILES string of the molecule is Cc1nc(C)c(C(=O)NC(c2ccccc2)c2ccncc2)s1. The lowest BCUT2D eigenvalue weighted by Gasteiger charge is -2.19. The molecule has 5 heteroatoms. The highest BCUT2D eigenvalue weighted by atomic mass is 32.1. The summed E-state index contributed by atoms with van der Waals surface area (Å²) >= 11 is 1.42. The smallest absolute Gasteiger partial charge is 0.264 e. The second-order valence-corrected chi connectivity index (χ2v) is 6.45. The van der Waals surface area contributed by atoms with Gasteiger partial charge in [-0.3, -0.25) is 9.78 Å². The topological polar surface area (TPSA) is 54.9 Å². The summed E-state index contributed by atoms with van der Waals surface area (Å²) in [6.45, 7) is 3.77. The zero-order valence-electron chi connectivity index (χ0n) is 13.0. The molecule has 0 saturated carbocycles. The van der Waals surface area contributed by atoms with Crippen LogP contribution in [0.15, 0.2) is 54.9 Å². The predicted molar refractivity (Wildman–Crippen MR) is 91.6 cm³/mol. The molecule has 0 bridgehead atoms. The van der Waals surface area contributed by atoms with Crippen LogP contribution in [-0.2, 0) is 0 Å². The van der Waals surface area contributed by atoms with Crippen molar-refractivity contribution < 1.29 is 4.79 Å². The Bertz CT molecular complexity index is 760. The van der Waals surface area contributed by atoms with E-state index >= 15 is 0 Å². The van der Waals surface area contributed by atoms with Crippen LogP contribution in [0.2, 0.25) is 0 Å². The van der Waals surface area contributed by atoms with Crippen LogP contribution in [0, 0.1) is 13.8 Å². The molecule has 1 amide bonds. The maximum absolute atomic E-state index is 12.7. The Hall–Kier alpha value is -2.53. The van der Waals surface area contributed by atoms with Crippen LogP contribution in [0.25, 0.3) is 0 Å². The number of pyridine rings is 1. The molecule has 0 fully saturated rings. The highest BCUT2D eigenvalue weighted by Crippen LogP contribution is 2.24. The monoisotopic (exact) mass is 323 g/mol. The normalized spacial score (nSPS) is 11.9. The molecule has 116 valence electrons. The Kier molecular flexibility index (Phi) is 4.48. The van der Waals surface area contributed by atoms with Crippen molar-refractivity contribution in [1.29, 1.82) is 0 Å². The van der Waals surface area contributed by atoms with E-state index in [0.717, 1.165) is 21.8 Å². The summed E-state index contributed by atoms with van der Waals surface area (Å²) in [6, 6.07) is 13.5. The van der Waals surface area contributed by atoms with E-state index in [4.69, 9.17) is 0 Å². The summed E-state index contributed by atoms with van der Waals surface area (Å²) in [6.07, 6.45) is 3.47. The van der Waals surface area contributed by atoms with Gasteiger partial charge in [0.2, 0.25) is 0 Å². The van der Waals surface area contributed by atoms with E-state index in [1.807, 2.05) is 56.3 Å². The minimum atomic E-state index is -0.214. The van der Waals surface area contributed by atoms with Crippen LogP contribution >= 0.6 is 11.3 Å². The van der Waals surface area contributed by atoms with Gasteiger partial charge < -0.3 is 5.32 Å². The average molecular weight is 323 g/mol. The summed E-state index contributed by atoms with van der Waals surface area (Å²) in [5.41, 5.74) is 2.80. The number of aromatic nitrogens is 2. The van der Waals surface area contributed by atoms with Gasteiger partial charge in [0.05, 0.1) is 16.7 Å². The maximum Gasteiger partial charge on any atom is 0.264 e. The van der Waals surface area contributed by atoms with Gasteiger partial charge in [-0.25, -0.2) is 4.98 Å². The molecule has 0 aliphatic heterocycles. The third-order valence-corrected chi connectivity index (χ3v) is 4.63. The van der Waals surface area contributed by atoms with Gasteiger partial charge in [-0.1, -0.05) is 30.3 Å². The van der Waals surface area contributed by atoms with E-state index in [1.54, 1.807) is 12.4 Å². The Labute approximate surface area is 139 Å². The fraction of sp³-hybridized carbons (Fsp3) is 0.167. The van der Waals surface area contributed by atoms with E-state index < -0.39 is 0 Å². The Balaban J connectivity index is 1.93. The third-order valence-electron chi connectivity index (χ3n) is 3.56. The fourth-order valence-electron chi connectivity index (χ4n) is 2.50. The highest BCUT2D eigenvalue weighted by Gasteiger charge is 2.20. The number of thiazole rings is 1. The van der Waals surface area contributed by atoms with Gasteiger partial charge in [-0.15, -0.1) is 11.3 Å². The second-order valence-electron chi connectivity index (χ2n) is 5.25. The van der Waals surface area contributed by atoms with Crippen molar-refractivity contribution in [3.63, 3.8) is 0 Å². The summed E-state index contributed by atoms with van der Waals surface area (Å²) in [7, 11) is 0. The van der Waals surface area contributed by atoms with Gasteiger partial charge in [0.1, 0.15) is 4.88 Å². The summed E-state index contributed by atoms with van der Waals surface area (Å²) in [5, 5.41) is 4.02. The number of benzene rings is 1. The molecule has 2 heterocycles. The number of nitrogens with one attached hydrogen (secondary N) is 1. The van der Waals surface area contributed by atoms with E-state index in [-0.39, 0.29) is 11.9 Å². The Morgan fingerprint density at radius 1 is 1.04 bits per heavy atom. The number of rotatable bonds is 4. The van der Waals surface area contributed by atoms with E-state index in [1.165, 1.54) is 11.3 Å². The Morgan fingerprint density at radius 3 is 2.30 bits per heavy atom. The number of aryl methyl sites for hydroxylation is 2. The Morgan fingerprint density at radius 2 is 1.70 bits per heavy atom. The summed E-state index contributed by atoms with van der Waals surface area (Å²) < 4.78 is 0. The van der Waals surface area contributed by atoms with Gasteiger partial charge in [0, 0.05) is 12.4 Å². The molecule has 1 unspecified atom stereocenters. The average Bonchev–Trinajstić information content (AvgIpc) is 2.92. The first-order valence-electron chi connectivity index (χ1n) is 7.35. The van der Waals surface area contributed by atoms with E-state index in [9.17, 15) is 4.79 Å². The summed E-state index contributed by atoms with van der Waals surface area (Å²) in [5.74, 6) is -0.0984. The molecule has 0 spiro atoms. The predicted octanol–water partition coefficient (Wildman–Crippen LogP) is 3.67. The maximum atomic E-state index is 12.7. The molecule has 0 radical (unpaired) electrons. The standard InChI is InChI=1S/C18H17N3OS/c1-12-17(23-13(2)20-12)18(22)21-16(14-6-4-3-5-7-14)15-8-10-19-11-9-15/h3-11,16H,1-2H3,(H,21,22). The molecule has 1 atom stereocenters. The van der Waals surface area contributed by atoms with E-state index in [2.05, 4.69) is 15.3 Å². The van der Waals surface area contributed by atoms with Crippen molar-refractivity contribution >= 4 is 17.2 Å². The van der Waals surface area contributed by atoms with Gasteiger partial charge in [0.25, 0.3) is 5.91 Å². The number of nitrogens with zero attached hydrogens (tertiary/aromatic N) is 2. The van der Waals surface area contributed by atoms with Gasteiger partial charge >= 0.3 is 0 Å². The van der Waals surface area contributed by atoms with Crippen LogP contribution in [0.5, 0.6) is 0 Å². The molecule has 4 nitrogen and oxygen atoms in total. The van der Waals surface area contributed by atoms with Crippen molar-refractivity contribution in [2.45, 2.75) is 19.9 Å². The lowest BCUT2D eigenvalue weighted by Crippen LogP contribution is -2.29. The van der Waals surface area contributed by atoms with Crippen molar-refractivity contribution in [1.82, 2.24) is 15.3 Å². The van der Waals surface area contributed by atoms with Crippen LogP contribution in [0.3, 0.4) is 0 Å². The number of amides is 1. The molecule has 23 heavy (non-hydrogen) atoms. The molecule has 3 aromatic rings. The summed E-state index contributed by atoms with van der Waals surface area (Å²) in [4.78, 5) is 21.7. The lowest BCUT2D eigenvalue weighted by atomic mass is 9.99. The van der Waals surface area contributed by atoms with Crippen molar-refractivity contribution in [2.75, 3.05) is 0 Å². The first-order valence-corrected chi connectivity index (χ1v) is 8.16. The molecule has 2 aromatic heterocycles. The van der Waals surface area contributed by atoms with Crippen LogP contribution in [0.4, 0.5) is 0 Å². The van der Waals surface area contributed by atoms with Crippen molar-refractivity contribution in [3.05, 3.63) is 81.6 Å². The molecular weight excluding hydrogens is 306 g/mol. The van der Waals surface area contributed by atoms with Crippen LogP contribution in [0.1, 0.15) is 37.5 Å². The van der Waals surface area contributed by atoms with Gasteiger partial charge in [0.15, 0.2) is 0 Å². The minimum absolute atomic E-state index is 0.0984. The van der Waals surface area contributed by atoms with Crippen molar-refractivity contribution in [3.8, 4) is 0 Å². The zero-order valence-corrected chi connectivity index (χ0v) is 13.8. The molecule has 3 rings (SSSR count). The molecule has 0 saturated heterocycles. The quantitative estimate of drug-likeness (QED) is 0.797.